The molecule has 3 rings (SSSR count). The molecule has 0 bridgehead atoms. The molecule has 4 nitrogen and oxygen atoms in total. The molecule has 0 saturated heterocycles. The van der Waals surface area contributed by atoms with Crippen LogP contribution >= 0.6 is 12.2 Å². The van der Waals surface area contributed by atoms with Crippen molar-refractivity contribution in [2.24, 2.45) is 0 Å². The highest BCUT2D eigenvalue weighted by atomic mass is 32.1. The van der Waals surface area contributed by atoms with Crippen LogP contribution in [0, 0.1) is 6.92 Å². The van der Waals surface area contributed by atoms with Crippen LogP contribution in [-0.2, 0) is 13.1 Å². The van der Waals surface area contributed by atoms with E-state index in [-0.39, 0.29) is 0 Å². The zero-order chi connectivity index (χ0) is 19.8. The molecule has 0 atom stereocenters. The summed E-state index contributed by atoms with van der Waals surface area (Å²) in [4.78, 5) is 6.38. The Morgan fingerprint density at radius 3 is 2.46 bits per heavy atom. The van der Waals surface area contributed by atoms with Crippen molar-refractivity contribution < 1.29 is 4.74 Å². The number of benzene rings is 2. The lowest BCUT2D eigenvalue weighted by molar-refractivity contribution is 0.340. The van der Waals surface area contributed by atoms with Crippen LogP contribution in [0.25, 0.3) is 0 Å². The second-order valence-corrected chi connectivity index (χ2v) is 6.98. The maximum atomic E-state index is 5.74. The van der Waals surface area contributed by atoms with E-state index in [1.54, 1.807) is 6.20 Å². The van der Waals surface area contributed by atoms with E-state index in [0.717, 1.165) is 23.5 Å². The van der Waals surface area contributed by atoms with E-state index in [1.807, 2.05) is 43.5 Å². The molecule has 0 saturated carbocycles. The Kier molecular flexibility index (Phi) is 6.98. The summed E-state index contributed by atoms with van der Waals surface area (Å²) in [6, 6.07) is 20.4. The molecule has 1 heterocycles. The summed E-state index contributed by atoms with van der Waals surface area (Å²) in [7, 11) is 0. The van der Waals surface area contributed by atoms with E-state index in [9.17, 15) is 0 Å². The Bertz CT molecular complexity index is 897. The van der Waals surface area contributed by atoms with Gasteiger partial charge in [0.15, 0.2) is 5.11 Å². The van der Waals surface area contributed by atoms with Gasteiger partial charge in [-0.15, -0.1) is 0 Å². The first-order valence-corrected chi connectivity index (χ1v) is 9.78. The van der Waals surface area contributed by atoms with Crippen molar-refractivity contribution in [3.63, 3.8) is 0 Å². The maximum absolute atomic E-state index is 5.74. The van der Waals surface area contributed by atoms with Gasteiger partial charge < -0.3 is 15.0 Å². The molecular formula is C23H25N3OS. The van der Waals surface area contributed by atoms with Gasteiger partial charge >= 0.3 is 0 Å². The summed E-state index contributed by atoms with van der Waals surface area (Å²) in [5, 5.41) is 4.02. The van der Waals surface area contributed by atoms with E-state index in [0.29, 0.717) is 18.3 Å². The van der Waals surface area contributed by atoms with E-state index >= 15 is 0 Å². The number of hydrogen-bond donors (Lipinski definition) is 1. The van der Waals surface area contributed by atoms with Crippen LogP contribution in [-0.4, -0.2) is 21.6 Å². The second kappa shape index (κ2) is 9.85. The number of nitrogens with one attached hydrogen (secondary N) is 1. The van der Waals surface area contributed by atoms with Gasteiger partial charge in [-0.05, 0) is 67.5 Å². The van der Waals surface area contributed by atoms with Gasteiger partial charge in [0.05, 0.1) is 6.61 Å². The lowest BCUT2D eigenvalue weighted by Gasteiger charge is -2.26. The van der Waals surface area contributed by atoms with E-state index in [2.05, 4.69) is 52.5 Å². The monoisotopic (exact) mass is 391 g/mol. The number of nitrogens with zero attached hydrogens (tertiary/aromatic N) is 2. The highest BCUT2D eigenvalue weighted by molar-refractivity contribution is 7.80. The summed E-state index contributed by atoms with van der Waals surface area (Å²) in [5.74, 6) is 0.853. The molecule has 0 aliphatic heterocycles. The van der Waals surface area contributed by atoms with Crippen molar-refractivity contribution in [2.45, 2.75) is 26.9 Å². The van der Waals surface area contributed by atoms with Crippen molar-refractivity contribution >= 4 is 23.0 Å². The molecule has 0 amide bonds. The fourth-order valence-electron chi connectivity index (χ4n) is 2.95. The Morgan fingerprint density at radius 1 is 1.04 bits per heavy atom. The molecule has 1 N–H and O–H groups in total. The van der Waals surface area contributed by atoms with Crippen LogP contribution in [0.2, 0.25) is 0 Å². The Morgan fingerprint density at radius 2 is 1.79 bits per heavy atom. The minimum Gasteiger partial charge on any atom is -0.494 e. The zero-order valence-corrected chi connectivity index (χ0v) is 17.1. The lowest BCUT2D eigenvalue weighted by Crippen LogP contribution is -2.33. The fourth-order valence-corrected chi connectivity index (χ4v) is 3.19. The molecule has 144 valence electrons. The predicted octanol–water partition coefficient (Wildman–Crippen LogP) is 5.19. The number of aryl methyl sites for hydroxylation is 1. The number of ether oxygens (including phenoxy) is 1. The highest BCUT2D eigenvalue weighted by Crippen LogP contribution is 2.18. The molecule has 0 unspecified atom stereocenters. The smallest absolute Gasteiger partial charge is 0.174 e. The number of thiocarbonyl (C=S) groups is 1. The third kappa shape index (κ3) is 5.79. The molecular weight excluding hydrogens is 366 g/mol. The van der Waals surface area contributed by atoms with Gasteiger partial charge in [0.25, 0.3) is 0 Å². The Hall–Kier alpha value is -2.92. The predicted molar refractivity (Wildman–Crippen MR) is 118 cm³/mol. The van der Waals surface area contributed by atoms with Gasteiger partial charge in [0.2, 0.25) is 0 Å². The first kappa shape index (κ1) is 19.8. The maximum Gasteiger partial charge on any atom is 0.174 e. The summed E-state index contributed by atoms with van der Waals surface area (Å²) < 4.78 is 5.50. The molecule has 3 aromatic rings. The summed E-state index contributed by atoms with van der Waals surface area (Å²) in [6.07, 6.45) is 3.66. The van der Waals surface area contributed by atoms with E-state index in [4.69, 9.17) is 17.0 Å². The van der Waals surface area contributed by atoms with Crippen LogP contribution in [0.4, 0.5) is 5.69 Å². The topological polar surface area (TPSA) is 37.4 Å². The van der Waals surface area contributed by atoms with Crippen molar-refractivity contribution in [3.8, 4) is 5.75 Å². The summed E-state index contributed by atoms with van der Waals surface area (Å²) in [5.41, 5.74) is 4.52. The van der Waals surface area contributed by atoms with Gasteiger partial charge in [-0.25, -0.2) is 0 Å². The van der Waals surface area contributed by atoms with Gasteiger partial charge in [-0.3, -0.25) is 4.98 Å². The molecule has 0 fully saturated rings. The molecule has 0 aliphatic rings. The number of rotatable bonds is 7. The third-order valence-corrected chi connectivity index (χ3v) is 4.62. The van der Waals surface area contributed by atoms with Gasteiger partial charge in [0, 0.05) is 31.2 Å². The minimum atomic E-state index is 0.653. The fraction of sp³-hybridized carbons (Fsp3) is 0.217. The third-order valence-electron chi connectivity index (χ3n) is 4.26. The molecule has 5 heteroatoms. The summed E-state index contributed by atoms with van der Waals surface area (Å²) in [6.45, 7) is 6.14. The normalized spacial score (nSPS) is 10.4. The first-order valence-electron chi connectivity index (χ1n) is 9.37. The second-order valence-electron chi connectivity index (χ2n) is 6.59. The van der Waals surface area contributed by atoms with Gasteiger partial charge in [-0.2, -0.15) is 0 Å². The SMILES string of the molecule is CCOc1ccc(NC(=S)N(Cc2cccnc2)Cc2cccc(C)c2)cc1. The van der Waals surface area contributed by atoms with Crippen LogP contribution in [0.15, 0.2) is 73.1 Å². The number of hydrogen-bond acceptors (Lipinski definition) is 3. The van der Waals surface area contributed by atoms with Crippen LogP contribution in [0.3, 0.4) is 0 Å². The molecule has 2 aromatic carbocycles. The van der Waals surface area contributed by atoms with Gasteiger partial charge in [-0.1, -0.05) is 35.9 Å². The van der Waals surface area contributed by atoms with Crippen molar-refractivity contribution in [3.05, 3.63) is 89.7 Å². The summed E-state index contributed by atoms with van der Waals surface area (Å²) >= 11 is 5.74. The first-order chi connectivity index (χ1) is 13.6. The largest absolute Gasteiger partial charge is 0.494 e. The highest BCUT2D eigenvalue weighted by Gasteiger charge is 2.12. The molecule has 0 aliphatic carbocycles. The van der Waals surface area contributed by atoms with Crippen LogP contribution in [0.5, 0.6) is 5.75 Å². The van der Waals surface area contributed by atoms with Crippen molar-refractivity contribution in [2.75, 3.05) is 11.9 Å². The number of aromatic nitrogens is 1. The zero-order valence-electron chi connectivity index (χ0n) is 16.3. The van der Waals surface area contributed by atoms with E-state index in [1.165, 1.54) is 11.1 Å². The Balaban J connectivity index is 1.75. The van der Waals surface area contributed by atoms with Crippen LogP contribution in [0.1, 0.15) is 23.6 Å². The number of anilines is 1. The lowest BCUT2D eigenvalue weighted by atomic mass is 10.1. The van der Waals surface area contributed by atoms with Crippen LogP contribution < -0.4 is 10.1 Å². The van der Waals surface area contributed by atoms with Gasteiger partial charge in [0.1, 0.15) is 5.75 Å². The number of pyridine rings is 1. The molecule has 28 heavy (non-hydrogen) atoms. The Labute approximate surface area is 172 Å². The van der Waals surface area contributed by atoms with Crippen molar-refractivity contribution in [1.82, 2.24) is 9.88 Å². The standard InChI is InChI=1S/C23H25N3OS/c1-3-27-22-11-9-21(10-12-22)25-23(28)26(17-20-8-5-13-24-15-20)16-19-7-4-6-18(2)14-19/h4-15H,3,16-17H2,1-2H3,(H,25,28). The molecule has 0 radical (unpaired) electrons. The average molecular weight is 392 g/mol. The molecule has 0 spiro atoms. The minimum absolute atomic E-state index is 0.653. The average Bonchev–Trinajstić information content (AvgIpc) is 2.70. The van der Waals surface area contributed by atoms with E-state index < -0.39 is 0 Å². The molecule has 1 aromatic heterocycles. The quantitative estimate of drug-likeness (QED) is 0.561. The van der Waals surface area contributed by atoms with Crippen molar-refractivity contribution in [1.29, 1.82) is 0 Å².